The van der Waals surface area contributed by atoms with E-state index in [1.54, 1.807) is 0 Å². The fourth-order valence-corrected chi connectivity index (χ4v) is 2.58. The van der Waals surface area contributed by atoms with Gasteiger partial charge in [0.15, 0.2) is 0 Å². The van der Waals surface area contributed by atoms with E-state index in [2.05, 4.69) is 33.0 Å². The van der Waals surface area contributed by atoms with Gasteiger partial charge in [-0.1, -0.05) is 39.0 Å². The maximum Gasteiger partial charge on any atom is 0.00965 e. The fourth-order valence-electron chi connectivity index (χ4n) is 2.58. The summed E-state index contributed by atoms with van der Waals surface area (Å²) in [4.78, 5) is 0. The first-order chi connectivity index (χ1) is 7.01. The van der Waals surface area contributed by atoms with E-state index >= 15 is 0 Å². The monoisotopic (exact) mass is 211 g/mol. The van der Waals surface area contributed by atoms with Crippen LogP contribution in [0.1, 0.15) is 66.2 Å². The van der Waals surface area contributed by atoms with Gasteiger partial charge >= 0.3 is 0 Å². The minimum atomic E-state index is 0.292. The van der Waals surface area contributed by atoms with Crippen molar-refractivity contribution in [1.82, 2.24) is 5.32 Å². The first-order valence-corrected chi connectivity index (χ1v) is 6.76. The number of hydrogen-bond donors (Lipinski definition) is 1. The third-order valence-corrected chi connectivity index (χ3v) is 3.75. The molecule has 0 amide bonds. The Morgan fingerprint density at radius 1 is 1.00 bits per heavy atom. The molecule has 0 heterocycles. The normalized spacial score (nSPS) is 28.0. The molecule has 1 heteroatoms. The van der Waals surface area contributed by atoms with Crippen LogP contribution in [0.5, 0.6) is 0 Å². The summed E-state index contributed by atoms with van der Waals surface area (Å²) >= 11 is 0. The van der Waals surface area contributed by atoms with Crippen LogP contribution in [-0.2, 0) is 0 Å². The van der Waals surface area contributed by atoms with Gasteiger partial charge in [0.05, 0.1) is 0 Å². The van der Waals surface area contributed by atoms with E-state index < -0.39 is 0 Å². The lowest BCUT2D eigenvalue weighted by Crippen LogP contribution is -2.37. The van der Waals surface area contributed by atoms with Gasteiger partial charge in [0.1, 0.15) is 0 Å². The average Bonchev–Trinajstić information content (AvgIpc) is 2.17. The van der Waals surface area contributed by atoms with E-state index in [0.717, 1.165) is 11.8 Å². The topological polar surface area (TPSA) is 12.0 Å². The zero-order valence-electron chi connectivity index (χ0n) is 11.1. The number of rotatable bonds is 4. The molecule has 0 unspecified atom stereocenters. The van der Waals surface area contributed by atoms with Crippen molar-refractivity contribution in [2.75, 3.05) is 6.54 Å². The summed E-state index contributed by atoms with van der Waals surface area (Å²) in [6, 6.07) is 0. The van der Waals surface area contributed by atoms with Crippen molar-refractivity contribution >= 4 is 0 Å². The molecule has 1 aliphatic carbocycles. The molecule has 0 aliphatic heterocycles. The zero-order valence-corrected chi connectivity index (χ0v) is 11.1. The highest BCUT2D eigenvalue weighted by molar-refractivity contribution is 4.75. The second-order valence-corrected chi connectivity index (χ2v) is 6.26. The molecule has 0 bridgehead atoms. The smallest absolute Gasteiger partial charge is 0.00965 e. The van der Waals surface area contributed by atoms with Crippen molar-refractivity contribution in [2.24, 2.45) is 11.8 Å². The predicted octanol–water partition coefficient (Wildman–Crippen LogP) is 3.98. The first-order valence-electron chi connectivity index (χ1n) is 6.76. The van der Waals surface area contributed by atoms with Crippen molar-refractivity contribution < 1.29 is 0 Å². The van der Waals surface area contributed by atoms with Crippen LogP contribution in [0.3, 0.4) is 0 Å². The molecule has 15 heavy (non-hydrogen) atoms. The lowest BCUT2D eigenvalue weighted by molar-refractivity contribution is 0.251. The number of hydrogen-bond acceptors (Lipinski definition) is 1. The van der Waals surface area contributed by atoms with E-state index in [1.807, 2.05) is 0 Å². The van der Waals surface area contributed by atoms with Gasteiger partial charge in [0, 0.05) is 5.54 Å². The molecule has 90 valence electrons. The van der Waals surface area contributed by atoms with Crippen LogP contribution in [0.15, 0.2) is 0 Å². The van der Waals surface area contributed by atoms with Crippen molar-refractivity contribution in [3.05, 3.63) is 0 Å². The second-order valence-electron chi connectivity index (χ2n) is 6.26. The molecule has 0 spiro atoms. The minimum absolute atomic E-state index is 0.292. The Balaban J connectivity index is 2.09. The van der Waals surface area contributed by atoms with Crippen LogP contribution in [0.2, 0.25) is 0 Å². The molecule has 0 saturated heterocycles. The SMILES string of the molecule is CCC1CCC(CCNC(C)(C)C)CC1. The van der Waals surface area contributed by atoms with Gasteiger partial charge in [-0.15, -0.1) is 0 Å². The first kappa shape index (κ1) is 13.0. The predicted molar refractivity (Wildman–Crippen MR) is 68.1 cm³/mol. The summed E-state index contributed by atoms with van der Waals surface area (Å²) in [7, 11) is 0. The summed E-state index contributed by atoms with van der Waals surface area (Å²) < 4.78 is 0. The molecule has 1 N–H and O–H groups in total. The molecule has 0 radical (unpaired) electrons. The molecule has 0 aromatic heterocycles. The summed E-state index contributed by atoms with van der Waals surface area (Å²) in [5.41, 5.74) is 0.292. The van der Waals surface area contributed by atoms with E-state index in [0.29, 0.717) is 5.54 Å². The molecule has 1 aliphatic rings. The van der Waals surface area contributed by atoms with Crippen LogP contribution in [0.25, 0.3) is 0 Å². The summed E-state index contributed by atoms with van der Waals surface area (Å²) in [6.07, 6.45) is 8.70. The van der Waals surface area contributed by atoms with Crippen molar-refractivity contribution in [3.63, 3.8) is 0 Å². The molecular weight excluding hydrogens is 182 g/mol. The maximum absolute atomic E-state index is 3.59. The Kier molecular flexibility index (Phi) is 5.11. The Morgan fingerprint density at radius 2 is 1.53 bits per heavy atom. The van der Waals surface area contributed by atoms with Crippen LogP contribution in [-0.4, -0.2) is 12.1 Å². The highest BCUT2D eigenvalue weighted by atomic mass is 14.9. The molecule has 0 aromatic carbocycles. The van der Waals surface area contributed by atoms with Crippen LogP contribution in [0.4, 0.5) is 0 Å². The highest BCUT2D eigenvalue weighted by Gasteiger charge is 2.20. The van der Waals surface area contributed by atoms with Crippen LogP contribution >= 0.6 is 0 Å². The van der Waals surface area contributed by atoms with Crippen molar-refractivity contribution in [2.45, 2.75) is 71.8 Å². The Hall–Kier alpha value is -0.0400. The summed E-state index contributed by atoms with van der Waals surface area (Å²) in [5, 5.41) is 3.59. The zero-order chi connectivity index (χ0) is 11.3. The van der Waals surface area contributed by atoms with E-state index in [1.165, 1.54) is 45.1 Å². The summed E-state index contributed by atoms with van der Waals surface area (Å²) in [6.45, 7) is 10.3. The Bertz CT molecular complexity index is 161. The van der Waals surface area contributed by atoms with Gasteiger partial charge in [0.2, 0.25) is 0 Å². The lowest BCUT2D eigenvalue weighted by Gasteiger charge is -2.29. The van der Waals surface area contributed by atoms with Gasteiger partial charge in [-0.2, -0.15) is 0 Å². The van der Waals surface area contributed by atoms with E-state index in [9.17, 15) is 0 Å². The molecule has 0 atom stereocenters. The van der Waals surface area contributed by atoms with Crippen molar-refractivity contribution in [3.8, 4) is 0 Å². The second kappa shape index (κ2) is 5.89. The Morgan fingerprint density at radius 3 is 2.00 bits per heavy atom. The van der Waals surface area contributed by atoms with Crippen molar-refractivity contribution in [1.29, 1.82) is 0 Å². The summed E-state index contributed by atoms with van der Waals surface area (Å²) in [5.74, 6) is 2.04. The fraction of sp³-hybridized carbons (Fsp3) is 1.00. The van der Waals surface area contributed by atoms with Gasteiger partial charge in [-0.25, -0.2) is 0 Å². The molecule has 1 nitrogen and oxygen atoms in total. The molecule has 0 aromatic rings. The molecule has 1 saturated carbocycles. The van der Waals surface area contributed by atoms with Gasteiger partial charge < -0.3 is 5.32 Å². The average molecular weight is 211 g/mol. The highest BCUT2D eigenvalue weighted by Crippen LogP contribution is 2.32. The van der Waals surface area contributed by atoms with Crippen LogP contribution in [0, 0.1) is 11.8 Å². The lowest BCUT2D eigenvalue weighted by atomic mass is 9.79. The van der Waals surface area contributed by atoms with Gasteiger partial charge in [0.25, 0.3) is 0 Å². The maximum atomic E-state index is 3.59. The third kappa shape index (κ3) is 5.55. The number of nitrogens with one attached hydrogen (secondary N) is 1. The standard InChI is InChI=1S/C14H29N/c1-5-12-6-8-13(9-7-12)10-11-15-14(2,3)4/h12-13,15H,5-11H2,1-4H3. The van der Waals surface area contributed by atoms with Crippen LogP contribution < -0.4 is 5.32 Å². The van der Waals surface area contributed by atoms with E-state index in [-0.39, 0.29) is 0 Å². The molecular formula is C14H29N. The third-order valence-electron chi connectivity index (χ3n) is 3.75. The quantitative estimate of drug-likeness (QED) is 0.741. The molecule has 1 rings (SSSR count). The van der Waals surface area contributed by atoms with Gasteiger partial charge in [-0.05, 0) is 45.6 Å². The van der Waals surface area contributed by atoms with Gasteiger partial charge in [-0.3, -0.25) is 0 Å². The minimum Gasteiger partial charge on any atom is -0.312 e. The van der Waals surface area contributed by atoms with E-state index in [4.69, 9.17) is 0 Å². The molecule has 1 fully saturated rings. The Labute approximate surface area is 96.0 Å². The largest absolute Gasteiger partial charge is 0.312 e.